The Morgan fingerprint density at radius 2 is 2.11 bits per heavy atom. The summed E-state index contributed by atoms with van der Waals surface area (Å²) in [4.78, 5) is 0. The highest BCUT2D eigenvalue weighted by atomic mass is 35.5. The Bertz CT molecular complexity index is 450. The van der Waals surface area contributed by atoms with Crippen molar-refractivity contribution in [3.8, 4) is 5.75 Å². The van der Waals surface area contributed by atoms with Gasteiger partial charge in [-0.2, -0.15) is 0 Å². The van der Waals surface area contributed by atoms with Crippen molar-refractivity contribution < 1.29 is 27.8 Å². The molecule has 2 atom stereocenters. The third kappa shape index (κ3) is 3.99. The fourth-order valence-electron chi connectivity index (χ4n) is 1.94. The molecule has 1 aromatic carbocycles. The Hall–Kier alpha value is -0.980. The molecule has 0 bridgehead atoms. The van der Waals surface area contributed by atoms with E-state index in [4.69, 9.17) is 16.3 Å². The van der Waals surface area contributed by atoms with Crippen LogP contribution in [0.1, 0.15) is 24.5 Å². The van der Waals surface area contributed by atoms with Gasteiger partial charge >= 0.3 is 6.36 Å². The number of alkyl halides is 3. The predicted octanol–water partition coefficient (Wildman–Crippen LogP) is 3.45. The number of aliphatic hydroxyl groups excluding tert-OH is 1. The largest absolute Gasteiger partial charge is 0.573 e. The van der Waals surface area contributed by atoms with Gasteiger partial charge in [-0.15, -0.1) is 13.2 Å². The lowest BCUT2D eigenvalue weighted by Crippen LogP contribution is -2.23. The van der Waals surface area contributed by atoms with E-state index in [9.17, 15) is 18.3 Å². The topological polar surface area (TPSA) is 38.7 Å². The van der Waals surface area contributed by atoms with Crippen LogP contribution in [0.15, 0.2) is 18.2 Å². The molecule has 3 nitrogen and oxygen atoms in total. The minimum Gasteiger partial charge on any atom is -0.404 e. The van der Waals surface area contributed by atoms with E-state index < -0.39 is 18.2 Å². The summed E-state index contributed by atoms with van der Waals surface area (Å²) in [5.41, 5.74) is 0.623. The lowest BCUT2D eigenvalue weighted by molar-refractivity contribution is -0.274. The van der Waals surface area contributed by atoms with Crippen molar-refractivity contribution in [1.29, 1.82) is 0 Å². The third-order valence-electron chi connectivity index (χ3n) is 2.81. The van der Waals surface area contributed by atoms with Gasteiger partial charge < -0.3 is 14.6 Å². The Morgan fingerprint density at radius 1 is 1.37 bits per heavy atom. The molecule has 2 unspecified atom stereocenters. The van der Waals surface area contributed by atoms with Gasteiger partial charge in [0.2, 0.25) is 0 Å². The van der Waals surface area contributed by atoms with Gasteiger partial charge in [-0.05, 0) is 24.1 Å². The van der Waals surface area contributed by atoms with Crippen LogP contribution in [0.25, 0.3) is 0 Å². The molecule has 1 aliphatic rings. The first kappa shape index (κ1) is 14.4. The van der Waals surface area contributed by atoms with Crippen molar-refractivity contribution in [3.05, 3.63) is 28.8 Å². The molecular weight excluding hydrogens is 285 g/mol. The van der Waals surface area contributed by atoms with Crippen LogP contribution in [0.5, 0.6) is 5.75 Å². The van der Waals surface area contributed by atoms with Crippen LogP contribution in [-0.2, 0) is 4.74 Å². The van der Waals surface area contributed by atoms with Gasteiger partial charge in [0, 0.05) is 13.0 Å². The smallest absolute Gasteiger partial charge is 0.404 e. The summed E-state index contributed by atoms with van der Waals surface area (Å²) in [6.45, 7) is 0.407. The van der Waals surface area contributed by atoms with Gasteiger partial charge in [0.25, 0.3) is 0 Å². The molecule has 0 radical (unpaired) electrons. The van der Waals surface area contributed by atoms with E-state index in [1.54, 1.807) is 0 Å². The number of hydrogen-bond acceptors (Lipinski definition) is 3. The summed E-state index contributed by atoms with van der Waals surface area (Å²) in [6, 6.07) is 3.97. The van der Waals surface area contributed by atoms with Crippen LogP contribution in [0.2, 0.25) is 5.02 Å². The van der Waals surface area contributed by atoms with E-state index in [1.165, 1.54) is 12.1 Å². The Labute approximate surface area is 112 Å². The summed E-state index contributed by atoms with van der Waals surface area (Å²) < 4.78 is 45.5. The SMILES string of the molecule is OC1CCOC(c2ccc(OC(F)(F)F)c(Cl)c2)C1. The Morgan fingerprint density at radius 3 is 2.68 bits per heavy atom. The van der Waals surface area contributed by atoms with E-state index in [1.807, 2.05) is 0 Å². The second-order valence-electron chi connectivity index (χ2n) is 4.28. The number of ether oxygens (including phenoxy) is 2. The fraction of sp³-hybridized carbons (Fsp3) is 0.500. The number of benzene rings is 1. The highest BCUT2D eigenvalue weighted by molar-refractivity contribution is 6.32. The van der Waals surface area contributed by atoms with Crippen LogP contribution in [0, 0.1) is 0 Å². The van der Waals surface area contributed by atoms with E-state index in [-0.39, 0.29) is 11.1 Å². The zero-order valence-electron chi connectivity index (χ0n) is 9.78. The third-order valence-corrected chi connectivity index (χ3v) is 3.11. The van der Waals surface area contributed by atoms with Crippen molar-refractivity contribution in [2.75, 3.05) is 6.61 Å². The first-order valence-corrected chi connectivity index (χ1v) is 6.08. The molecule has 1 aliphatic heterocycles. The quantitative estimate of drug-likeness (QED) is 0.908. The molecule has 0 aromatic heterocycles. The molecule has 0 amide bonds. The number of hydrogen-bond donors (Lipinski definition) is 1. The Kier molecular flexibility index (Phi) is 4.23. The first-order chi connectivity index (χ1) is 8.85. The lowest BCUT2D eigenvalue weighted by Gasteiger charge is -2.27. The zero-order valence-corrected chi connectivity index (χ0v) is 10.5. The molecule has 0 saturated carbocycles. The second-order valence-corrected chi connectivity index (χ2v) is 4.68. The second kappa shape index (κ2) is 5.56. The standard InChI is InChI=1S/C12H12ClF3O3/c13-9-5-7(11-6-8(17)3-4-18-11)1-2-10(9)19-12(14,15)16/h1-2,5,8,11,17H,3-4,6H2. The molecule has 1 fully saturated rings. The molecule has 1 aromatic rings. The molecule has 1 heterocycles. The van der Waals surface area contributed by atoms with E-state index >= 15 is 0 Å². The van der Waals surface area contributed by atoms with Crippen molar-refractivity contribution in [2.24, 2.45) is 0 Å². The van der Waals surface area contributed by atoms with Crippen LogP contribution in [0.4, 0.5) is 13.2 Å². The molecule has 0 spiro atoms. The van der Waals surface area contributed by atoms with E-state index in [0.29, 0.717) is 25.0 Å². The minimum atomic E-state index is -4.78. The zero-order chi connectivity index (χ0) is 14.0. The predicted molar refractivity (Wildman–Crippen MR) is 62.1 cm³/mol. The fourth-order valence-corrected chi connectivity index (χ4v) is 2.16. The van der Waals surface area contributed by atoms with Gasteiger partial charge in [0.15, 0.2) is 0 Å². The summed E-state index contributed by atoms with van der Waals surface area (Å²) in [7, 11) is 0. The average Bonchev–Trinajstić information content (AvgIpc) is 2.30. The van der Waals surface area contributed by atoms with Gasteiger partial charge in [0.05, 0.1) is 17.2 Å². The maximum absolute atomic E-state index is 12.1. The molecule has 0 aliphatic carbocycles. The van der Waals surface area contributed by atoms with Gasteiger partial charge in [-0.3, -0.25) is 0 Å². The maximum atomic E-state index is 12.1. The Balaban J connectivity index is 2.14. The highest BCUT2D eigenvalue weighted by Gasteiger charge is 2.32. The van der Waals surface area contributed by atoms with Crippen molar-refractivity contribution in [3.63, 3.8) is 0 Å². The number of rotatable bonds is 2. The van der Waals surface area contributed by atoms with Crippen LogP contribution < -0.4 is 4.74 Å². The van der Waals surface area contributed by atoms with Crippen LogP contribution >= 0.6 is 11.6 Å². The average molecular weight is 297 g/mol. The highest BCUT2D eigenvalue weighted by Crippen LogP contribution is 2.35. The van der Waals surface area contributed by atoms with Gasteiger partial charge in [-0.1, -0.05) is 17.7 Å². The van der Waals surface area contributed by atoms with Gasteiger partial charge in [0.1, 0.15) is 5.75 Å². The minimum absolute atomic E-state index is 0.140. The normalized spacial score (nSPS) is 24.3. The lowest BCUT2D eigenvalue weighted by atomic mass is 9.99. The molecular formula is C12H12ClF3O3. The van der Waals surface area contributed by atoms with E-state index in [2.05, 4.69) is 4.74 Å². The molecule has 1 N–H and O–H groups in total. The van der Waals surface area contributed by atoms with Gasteiger partial charge in [-0.25, -0.2) is 0 Å². The first-order valence-electron chi connectivity index (χ1n) is 5.70. The summed E-state index contributed by atoms with van der Waals surface area (Å²) >= 11 is 5.75. The summed E-state index contributed by atoms with van der Waals surface area (Å²) in [5, 5.41) is 9.39. The molecule has 19 heavy (non-hydrogen) atoms. The number of halogens is 4. The maximum Gasteiger partial charge on any atom is 0.573 e. The summed E-state index contributed by atoms with van der Waals surface area (Å²) in [5.74, 6) is -0.450. The van der Waals surface area contributed by atoms with Crippen LogP contribution in [0.3, 0.4) is 0 Å². The molecule has 1 saturated heterocycles. The summed E-state index contributed by atoms with van der Waals surface area (Å²) in [6.07, 6.45) is -4.65. The van der Waals surface area contributed by atoms with Crippen LogP contribution in [-0.4, -0.2) is 24.2 Å². The van der Waals surface area contributed by atoms with Crippen molar-refractivity contribution in [1.82, 2.24) is 0 Å². The van der Waals surface area contributed by atoms with Crippen molar-refractivity contribution in [2.45, 2.75) is 31.4 Å². The number of aliphatic hydroxyl groups is 1. The monoisotopic (exact) mass is 296 g/mol. The van der Waals surface area contributed by atoms with E-state index in [0.717, 1.165) is 6.07 Å². The molecule has 7 heteroatoms. The molecule has 106 valence electrons. The van der Waals surface area contributed by atoms with Crippen molar-refractivity contribution >= 4 is 11.6 Å². The molecule has 2 rings (SSSR count).